The molecule has 0 aliphatic carbocycles. The van der Waals surface area contributed by atoms with Gasteiger partial charge >= 0.3 is 6.03 Å². The van der Waals surface area contributed by atoms with Crippen molar-refractivity contribution in [2.75, 3.05) is 30.8 Å². The molecule has 0 spiro atoms. The van der Waals surface area contributed by atoms with Crippen molar-refractivity contribution in [2.24, 2.45) is 5.92 Å². The Hall–Kier alpha value is -1.76. The summed E-state index contributed by atoms with van der Waals surface area (Å²) in [5.41, 5.74) is 0.659. The van der Waals surface area contributed by atoms with E-state index in [1.807, 2.05) is 20.8 Å². The molecule has 0 atom stereocenters. The van der Waals surface area contributed by atoms with Crippen molar-refractivity contribution >= 4 is 21.6 Å². The van der Waals surface area contributed by atoms with Crippen molar-refractivity contribution in [1.82, 2.24) is 4.90 Å². The van der Waals surface area contributed by atoms with Crippen LogP contribution in [-0.4, -0.2) is 50.0 Å². The van der Waals surface area contributed by atoms with Gasteiger partial charge in [0, 0.05) is 18.8 Å². The summed E-state index contributed by atoms with van der Waals surface area (Å²) in [4.78, 5) is 13.6. The molecule has 2 amide bonds. The summed E-state index contributed by atoms with van der Waals surface area (Å²) in [5, 5.41) is 2.33. The molecule has 7 heteroatoms. The lowest BCUT2D eigenvalue weighted by molar-refractivity contribution is 0.182. The fraction of sp³-hybridized carbons (Fsp3) is 0.562. The maximum Gasteiger partial charge on any atom is 0.321 e. The van der Waals surface area contributed by atoms with E-state index in [1.54, 1.807) is 24.3 Å². The molecule has 1 N–H and O–H groups in total. The molecule has 1 aliphatic rings. The monoisotopic (exact) mass is 340 g/mol. The van der Waals surface area contributed by atoms with Crippen LogP contribution in [0, 0.1) is 5.92 Å². The van der Waals surface area contributed by atoms with Crippen molar-refractivity contribution in [3.8, 4) is 5.75 Å². The third-order valence-electron chi connectivity index (χ3n) is 3.63. The number of hydrogen-bond donors (Lipinski definition) is 1. The van der Waals surface area contributed by atoms with Gasteiger partial charge in [0.1, 0.15) is 5.75 Å². The van der Waals surface area contributed by atoms with Gasteiger partial charge in [0.05, 0.1) is 17.6 Å². The first-order chi connectivity index (χ1) is 10.8. The minimum Gasteiger partial charge on any atom is -0.494 e. The lowest BCUT2D eigenvalue weighted by atomic mass is 10.2. The number of likely N-dealkylation sites (tertiary alicyclic amines) is 1. The van der Waals surface area contributed by atoms with Crippen LogP contribution in [0.5, 0.6) is 5.75 Å². The first-order valence-electron chi connectivity index (χ1n) is 7.82. The molecule has 1 aliphatic heterocycles. The molecule has 128 valence electrons. The molecular formula is C16H24N2O4S. The van der Waals surface area contributed by atoms with Crippen LogP contribution in [0.1, 0.15) is 20.8 Å². The quantitative estimate of drug-likeness (QED) is 0.862. The Morgan fingerprint density at radius 2 is 1.91 bits per heavy atom. The second-order valence-electron chi connectivity index (χ2n) is 6.14. The highest BCUT2D eigenvalue weighted by molar-refractivity contribution is 7.92. The SMILES string of the molecule is CCOc1ccc(NC(=O)N2CC(S(=O)(=O)CC(C)C)C2)cc1. The Morgan fingerprint density at radius 1 is 1.30 bits per heavy atom. The predicted octanol–water partition coefficient (Wildman–Crippen LogP) is 2.37. The number of sulfone groups is 1. The van der Waals surface area contributed by atoms with E-state index < -0.39 is 15.1 Å². The number of nitrogens with zero attached hydrogens (tertiary/aromatic N) is 1. The first-order valence-corrected chi connectivity index (χ1v) is 9.53. The minimum atomic E-state index is -3.11. The fourth-order valence-electron chi connectivity index (χ4n) is 2.44. The summed E-state index contributed by atoms with van der Waals surface area (Å²) < 4.78 is 29.5. The Bertz CT molecular complexity index is 635. The van der Waals surface area contributed by atoms with Gasteiger partial charge < -0.3 is 15.0 Å². The number of hydrogen-bond acceptors (Lipinski definition) is 4. The molecule has 23 heavy (non-hydrogen) atoms. The van der Waals surface area contributed by atoms with Gasteiger partial charge in [-0.1, -0.05) is 13.8 Å². The largest absolute Gasteiger partial charge is 0.494 e. The lowest BCUT2D eigenvalue weighted by Crippen LogP contribution is -2.58. The van der Waals surface area contributed by atoms with E-state index in [0.717, 1.165) is 5.75 Å². The molecular weight excluding hydrogens is 316 g/mol. The average Bonchev–Trinajstić information content (AvgIpc) is 2.37. The number of rotatable bonds is 6. The number of nitrogens with one attached hydrogen (secondary N) is 1. The van der Waals surface area contributed by atoms with Gasteiger partial charge in [-0.2, -0.15) is 0 Å². The van der Waals surface area contributed by atoms with Crippen LogP contribution in [0.3, 0.4) is 0 Å². The maximum absolute atomic E-state index is 12.1. The number of ether oxygens (including phenoxy) is 1. The first kappa shape index (κ1) is 17.6. The van der Waals surface area contributed by atoms with Gasteiger partial charge in [-0.05, 0) is 37.1 Å². The van der Waals surface area contributed by atoms with Gasteiger partial charge in [0.15, 0.2) is 9.84 Å². The molecule has 0 bridgehead atoms. The number of anilines is 1. The van der Waals surface area contributed by atoms with Crippen molar-refractivity contribution in [3.05, 3.63) is 24.3 Å². The molecule has 0 unspecified atom stereocenters. The zero-order valence-corrected chi connectivity index (χ0v) is 14.6. The second kappa shape index (κ2) is 7.21. The highest BCUT2D eigenvalue weighted by atomic mass is 32.2. The Balaban J connectivity index is 1.84. The summed E-state index contributed by atoms with van der Waals surface area (Å²) in [6.45, 7) is 6.78. The van der Waals surface area contributed by atoms with E-state index in [9.17, 15) is 13.2 Å². The minimum absolute atomic E-state index is 0.103. The van der Waals surface area contributed by atoms with E-state index in [2.05, 4.69) is 5.32 Å². The molecule has 1 saturated heterocycles. The molecule has 1 aromatic carbocycles. The summed E-state index contributed by atoms with van der Waals surface area (Å²) in [5.74, 6) is 1.02. The number of amides is 2. The van der Waals surface area contributed by atoms with Crippen LogP contribution in [-0.2, 0) is 9.84 Å². The number of urea groups is 1. The fourth-order valence-corrected chi connectivity index (χ4v) is 4.45. The van der Waals surface area contributed by atoms with E-state index in [0.29, 0.717) is 12.3 Å². The van der Waals surface area contributed by atoms with Crippen LogP contribution in [0.25, 0.3) is 0 Å². The van der Waals surface area contributed by atoms with Gasteiger partial charge in [0.25, 0.3) is 0 Å². The zero-order chi connectivity index (χ0) is 17.0. The summed E-state index contributed by atoms with van der Waals surface area (Å²) in [6, 6.07) is 6.81. The van der Waals surface area contributed by atoms with Crippen LogP contribution >= 0.6 is 0 Å². The van der Waals surface area contributed by atoms with E-state index in [1.165, 1.54) is 4.90 Å². The summed E-state index contributed by atoms with van der Waals surface area (Å²) in [7, 11) is -3.11. The van der Waals surface area contributed by atoms with Gasteiger partial charge in [-0.3, -0.25) is 0 Å². The normalized spacial score (nSPS) is 15.4. The lowest BCUT2D eigenvalue weighted by Gasteiger charge is -2.38. The van der Waals surface area contributed by atoms with Crippen LogP contribution in [0.2, 0.25) is 0 Å². The second-order valence-corrected chi connectivity index (χ2v) is 8.46. The van der Waals surface area contributed by atoms with E-state index in [-0.39, 0.29) is 30.8 Å². The highest BCUT2D eigenvalue weighted by Gasteiger charge is 2.39. The molecule has 0 saturated carbocycles. The number of carbonyl (C=O) groups is 1. The third-order valence-corrected chi connectivity index (χ3v) is 6.07. The molecule has 1 heterocycles. The molecule has 1 fully saturated rings. The predicted molar refractivity (Wildman–Crippen MR) is 90.6 cm³/mol. The standard InChI is InChI=1S/C16H24N2O4S/c1-4-22-14-7-5-13(6-8-14)17-16(19)18-9-15(10-18)23(20,21)11-12(2)3/h5-8,12,15H,4,9-11H2,1-3H3,(H,17,19). The molecule has 6 nitrogen and oxygen atoms in total. The van der Waals surface area contributed by atoms with E-state index in [4.69, 9.17) is 4.74 Å². The number of benzene rings is 1. The summed E-state index contributed by atoms with van der Waals surface area (Å²) >= 11 is 0. The maximum atomic E-state index is 12.1. The van der Waals surface area contributed by atoms with Crippen LogP contribution in [0.4, 0.5) is 10.5 Å². The topological polar surface area (TPSA) is 75.7 Å². The highest BCUT2D eigenvalue weighted by Crippen LogP contribution is 2.21. The van der Waals surface area contributed by atoms with Crippen molar-refractivity contribution in [2.45, 2.75) is 26.0 Å². The van der Waals surface area contributed by atoms with Crippen LogP contribution < -0.4 is 10.1 Å². The Labute approximate surface area is 137 Å². The summed E-state index contributed by atoms with van der Waals surface area (Å²) in [6.07, 6.45) is 0. The number of carbonyl (C=O) groups excluding carboxylic acids is 1. The Morgan fingerprint density at radius 3 is 2.43 bits per heavy atom. The van der Waals surface area contributed by atoms with Crippen LogP contribution in [0.15, 0.2) is 24.3 Å². The molecule has 0 aromatic heterocycles. The molecule has 0 radical (unpaired) electrons. The van der Waals surface area contributed by atoms with Gasteiger partial charge in [-0.15, -0.1) is 0 Å². The average molecular weight is 340 g/mol. The van der Waals surface area contributed by atoms with Gasteiger partial charge in [-0.25, -0.2) is 13.2 Å². The smallest absolute Gasteiger partial charge is 0.321 e. The van der Waals surface area contributed by atoms with Crippen molar-refractivity contribution in [1.29, 1.82) is 0 Å². The zero-order valence-electron chi connectivity index (χ0n) is 13.8. The van der Waals surface area contributed by atoms with Gasteiger partial charge in [0.2, 0.25) is 0 Å². The van der Waals surface area contributed by atoms with Crippen molar-refractivity contribution < 1.29 is 17.9 Å². The third kappa shape index (κ3) is 4.60. The molecule has 2 rings (SSSR count). The Kier molecular flexibility index (Phi) is 5.51. The van der Waals surface area contributed by atoms with E-state index >= 15 is 0 Å². The molecule has 1 aromatic rings. The van der Waals surface area contributed by atoms with Crippen molar-refractivity contribution in [3.63, 3.8) is 0 Å².